The molecule has 0 bridgehead atoms. The third-order valence-electron chi connectivity index (χ3n) is 5.12. The van der Waals surface area contributed by atoms with Crippen LogP contribution in [0.4, 0.5) is 0 Å². The highest BCUT2D eigenvalue weighted by Gasteiger charge is 2.17. The van der Waals surface area contributed by atoms with Gasteiger partial charge in [0.15, 0.2) is 0 Å². The van der Waals surface area contributed by atoms with Crippen molar-refractivity contribution in [2.45, 2.75) is 26.3 Å². The molecule has 1 atom stereocenters. The van der Waals surface area contributed by atoms with E-state index in [-0.39, 0.29) is 11.9 Å². The standard InChI is InChI=1S/C23H27N3O/c1-16-19-12-8-9-13-21(19)25-17(2)20(16)14-23(27)24-15-22(26(3)4)18-10-6-5-7-11-18/h5-13,22H,14-15H2,1-4H3,(H,24,27). The molecule has 0 radical (unpaired) electrons. The third kappa shape index (κ3) is 4.34. The number of likely N-dealkylation sites (N-methyl/N-ethyl adjacent to an activating group) is 1. The highest BCUT2D eigenvalue weighted by molar-refractivity contribution is 5.86. The lowest BCUT2D eigenvalue weighted by molar-refractivity contribution is -0.120. The summed E-state index contributed by atoms with van der Waals surface area (Å²) in [6.45, 7) is 4.63. The Morgan fingerprint density at radius 2 is 1.70 bits per heavy atom. The van der Waals surface area contributed by atoms with E-state index in [0.717, 1.165) is 27.7 Å². The number of hydrogen-bond donors (Lipinski definition) is 1. The van der Waals surface area contributed by atoms with Gasteiger partial charge in [0.25, 0.3) is 0 Å². The zero-order valence-corrected chi connectivity index (χ0v) is 16.5. The molecule has 0 aliphatic heterocycles. The lowest BCUT2D eigenvalue weighted by Crippen LogP contribution is -2.35. The van der Waals surface area contributed by atoms with Crippen LogP contribution in [0.15, 0.2) is 54.6 Å². The van der Waals surface area contributed by atoms with Gasteiger partial charge in [-0.15, -0.1) is 0 Å². The van der Waals surface area contributed by atoms with Gasteiger partial charge in [0.1, 0.15) is 0 Å². The van der Waals surface area contributed by atoms with Gasteiger partial charge in [-0.1, -0.05) is 48.5 Å². The topological polar surface area (TPSA) is 45.2 Å². The van der Waals surface area contributed by atoms with Crippen molar-refractivity contribution in [1.82, 2.24) is 15.2 Å². The smallest absolute Gasteiger partial charge is 0.224 e. The van der Waals surface area contributed by atoms with Crippen molar-refractivity contribution in [2.24, 2.45) is 0 Å². The van der Waals surface area contributed by atoms with E-state index in [1.165, 1.54) is 5.56 Å². The molecule has 0 fully saturated rings. The van der Waals surface area contributed by atoms with Gasteiger partial charge in [0, 0.05) is 17.6 Å². The van der Waals surface area contributed by atoms with Gasteiger partial charge < -0.3 is 10.2 Å². The zero-order chi connectivity index (χ0) is 19.4. The van der Waals surface area contributed by atoms with Gasteiger partial charge in [-0.2, -0.15) is 0 Å². The number of nitrogens with one attached hydrogen (secondary N) is 1. The first kappa shape index (κ1) is 19.1. The normalized spacial score (nSPS) is 12.3. The highest BCUT2D eigenvalue weighted by Crippen LogP contribution is 2.23. The summed E-state index contributed by atoms with van der Waals surface area (Å²) in [4.78, 5) is 19.5. The Labute approximate surface area is 161 Å². The number of aryl methyl sites for hydroxylation is 2. The second-order valence-electron chi connectivity index (χ2n) is 7.19. The molecule has 0 spiro atoms. The molecule has 1 unspecified atom stereocenters. The van der Waals surface area contributed by atoms with Gasteiger partial charge >= 0.3 is 0 Å². The first-order chi connectivity index (χ1) is 13.0. The molecule has 140 valence electrons. The van der Waals surface area contributed by atoms with Crippen LogP contribution < -0.4 is 5.32 Å². The molecule has 1 aromatic heterocycles. The van der Waals surface area contributed by atoms with Crippen LogP contribution in [0.5, 0.6) is 0 Å². The summed E-state index contributed by atoms with van der Waals surface area (Å²) < 4.78 is 0. The first-order valence-corrected chi connectivity index (χ1v) is 9.30. The second-order valence-corrected chi connectivity index (χ2v) is 7.19. The fraction of sp³-hybridized carbons (Fsp3) is 0.304. The maximum Gasteiger partial charge on any atom is 0.224 e. The number of hydrogen-bond acceptors (Lipinski definition) is 3. The van der Waals surface area contributed by atoms with E-state index in [9.17, 15) is 4.79 Å². The molecule has 1 heterocycles. The van der Waals surface area contributed by atoms with E-state index in [0.29, 0.717) is 13.0 Å². The number of nitrogens with zero attached hydrogens (tertiary/aromatic N) is 2. The van der Waals surface area contributed by atoms with Gasteiger partial charge in [-0.05, 0) is 50.7 Å². The highest BCUT2D eigenvalue weighted by atomic mass is 16.1. The van der Waals surface area contributed by atoms with Crippen molar-refractivity contribution in [3.63, 3.8) is 0 Å². The third-order valence-corrected chi connectivity index (χ3v) is 5.12. The lowest BCUT2D eigenvalue weighted by atomic mass is 9.99. The quantitative estimate of drug-likeness (QED) is 0.726. The van der Waals surface area contributed by atoms with Gasteiger partial charge in [-0.3, -0.25) is 9.78 Å². The SMILES string of the molecule is Cc1nc2ccccc2c(C)c1CC(=O)NCC(c1ccccc1)N(C)C. The Morgan fingerprint density at radius 1 is 1.04 bits per heavy atom. The van der Waals surface area contributed by atoms with Crippen LogP contribution in [-0.2, 0) is 11.2 Å². The summed E-state index contributed by atoms with van der Waals surface area (Å²) in [5.74, 6) is 0.0288. The van der Waals surface area contributed by atoms with E-state index < -0.39 is 0 Å². The molecular weight excluding hydrogens is 334 g/mol. The summed E-state index contributed by atoms with van der Waals surface area (Å²) in [5.41, 5.74) is 5.26. The van der Waals surface area contributed by atoms with E-state index in [1.54, 1.807) is 0 Å². The van der Waals surface area contributed by atoms with Gasteiger partial charge in [0.2, 0.25) is 5.91 Å². The minimum Gasteiger partial charge on any atom is -0.354 e. The number of rotatable bonds is 6. The second kappa shape index (κ2) is 8.31. The molecule has 3 aromatic rings. The number of aromatic nitrogens is 1. The number of amides is 1. The summed E-state index contributed by atoms with van der Waals surface area (Å²) in [6, 6.07) is 18.5. The molecule has 1 amide bonds. The molecule has 0 aliphatic rings. The number of benzene rings is 2. The summed E-state index contributed by atoms with van der Waals surface area (Å²) in [7, 11) is 4.07. The van der Waals surface area contributed by atoms with Crippen molar-refractivity contribution in [3.05, 3.63) is 77.0 Å². The Balaban J connectivity index is 1.73. The summed E-state index contributed by atoms with van der Waals surface area (Å²) >= 11 is 0. The number of carbonyl (C=O) groups excluding carboxylic acids is 1. The fourth-order valence-electron chi connectivity index (χ4n) is 3.54. The van der Waals surface area contributed by atoms with Gasteiger partial charge in [0.05, 0.1) is 18.0 Å². The fourth-order valence-corrected chi connectivity index (χ4v) is 3.54. The molecule has 2 aromatic carbocycles. The van der Waals surface area contributed by atoms with E-state index in [2.05, 4.69) is 40.3 Å². The molecule has 0 saturated carbocycles. The molecule has 1 N–H and O–H groups in total. The Kier molecular flexibility index (Phi) is 5.87. The minimum atomic E-state index is 0.0288. The first-order valence-electron chi connectivity index (χ1n) is 9.30. The molecule has 27 heavy (non-hydrogen) atoms. The predicted octanol–water partition coefficient (Wildman–Crippen LogP) is 3.81. The van der Waals surface area contributed by atoms with Crippen LogP contribution >= 0.6 is 0 Å². The van der Waals surface area contributed by atoms with Crippen molar-refractivity contribution in [1.29, 1.82) is 0 Å². The van der Waals surface area contributed by atoms with Crippen LogP contribution in [0.3, 0.4) is 0 Å². The van der Waals surface area contributed by atoms with Crippen molar-refractivity contribution in [3.8, 4) is 0 Å². The van der Waals surface area contributed by atoms with Gasteiger partial charge in [-0.25, -0.2) is 0 Å². The van der Waals surface area contributed by atoms with Crippen molar-refractivity contribution < 1.29 is 4.79 Å². The average molecular weight is 361 g/mol. The van der Waals surface area contributed by atoms with Crippen LogP contribution in [0.25, 0.3) is 10.9 Å². The van der Waals surface area contributed by atoms with Crippen LogP contribution in [0, 0.1) is 13.8 Å². The number of fused-ring (bicyclic) bond motifs is 1. The lowest BCUT2D eigenvalue weighted by Gasteiger charge is -2.25. The summed E-state index contributed by atoms with van der Waals surface area (Å²) in [6.07, 6.45) is 0.352. The van der Waals surface area contributed by atoms with Crippen LogP contribution in [-0.4, -0.2) is 36.4 Å². The van der Waals surface area contributed by atoms with E-state index >= 15 is 0 Å². The van der Waals surface area contributed by atoms with E-state index in [4.69, 9.17) is 0 Å². The molecule has 0 saturated heterocycles. The summed E-state index contributed by atoms with van der Waals surface area (Å²) in [5, 5.41) is 4.22. The zero-order valence-electron chi connectivity index (χ0n) is 16.5. The van der Waals surface area contributed by atoms with Crippen molar-refractivity contribution >= 4 is 16.8 Å². The monoisotopic (exact) mass is 361 g/mol. The van der Waals surface area contributed by atoms with Crippen LogP contribution in [0.1, 0.15) is 28.4 Å². The minimum absolute atomic E-state index is 0.0288. The van der Waals surface area contributed by atoms with E-state index in [1.807, 2.05) is 57.4 Å². The maximum absolute atomic E-state index is 12.7. The van der Waals surface area contributed by atoms with Crippen LogP contribution in [0.2, 0.25) is 0 Å². The molecular formula is C23H27N3O. The predicted molar refractivity (Wildman–Crippen MR) is 111 cm³/mol. The average Bonchev–Trinajstić information content (AvgIpc) is 2.66. The Bertz CT molecular complexity index is 935. The molecule has 4 heteroatoms. The molecule has 0 aliphatic carbocycles. The number of para-hydroxylation sites is 1. The largest absolute Gasteiger partial charge is 0.354 e. The Morgan fingerprint density at radius 3 is 2.41 bits per heavy atom. The van der Waals surface area contributed by atoms with Crippen molar-refractivity contribution in [2.75, 3.05) is 20.6 Å². The number of pyridine rings is 1. The molecule has 4 nitrogen and oxygen atoms in total. The number of carbonyl (C=O) groups is 1. The molecule has 3 rings (SSSR count). The maximum atomic E-state index is 12.7. The Hall–Kier alpha value is -2.72.